The lowest BCUT2D eigenvalue weighted by Gasteiger charge is -2.18. The van der Waals surface area contributed by atoms with Gasteiger partial charge >= 0.3 is 6.03 Å². The SMILES string of the molecule is CCCCCCCCCCCCCCCCCCN1CCN(CCCCCCCCCCCCCCCCCC)C1=O. The summed E-state index contributed by atoms with van der Waals surface area (Å²) in [6, 6.07) is 0.317. The molecule has 3 heteroatoms. The Morgan fingerprint density at radius 2 is 0.524 bits per heavy atom. The van der Waals surface area contributed by atoms with E-state index < -0.39 is 0 Å². The van der Waals surface area contributed by atoms with E-state index in [1.165, 1.54) is 205 Å². The van der Waals surface area contributed by atoms with Crippen LogP contribution in [0.3, 0.4) is 0 Å². The summed E-state index contributed by atoms with van der Waals surface area (Å²) in [5, 5.41) is 0. The van der Waals surface area contributed by atoms with Gasteiger partial charge in [0.2, 0.25) is 0 Å². The Bertz CT molecular complexity index is 505. The molecule has 0 aromatic carbocycles. The molecule has 0 radical (unpaired) electrons. The number of urea groups is 1. The molecule has 1 heterocycles. The van der Waals surface area contributed by atoms with Crippen LogP contribution in [0.1, 0.15) is 219 Å². The second kappa shape index (κ2) is 31.7. The second-order valence-electron chi connectivity index (χ2n) is 13.9. The van der Waals surface area contributed by atoms with Crippen LogP contribution < -0.4 is 0 Å². The summed E-state index contributed by atoms with van der Waals surface area (Å²) < 4.78 is 0. The molecule has 0 unspecified atom stereocenters. The van der Waals surface area contributed by atoms with Crippen molar-refractivity contribution in [3.05, 3.63) is 0 Å². The van der Waals surface area contributed by atoms with Gasteiger partial charge in [-0.15, -0.1) is 0 Å². The molecule has 0 saturated carbocycles. The van der Waals surface area contributed by atoms with Gasteiger partial charge in [0.15, 0.2) is 0 Å². The van der Waals surface area contributed by atoms with Crippen LogP contribution in [0.2, 0.25) is 0 Å². The fourth-order valence-corrected chi connectivity index (χ4v) is 6.75. The molecular weight excluding hydrogens is 512 g/mol. The van der Waals surface area contributed by atoms with Crippen molar-refractivity contribution in [3.8, 4) is 0 Å². The lowest BCUT2D eigenvalue weighted by atomic mass is 10.0. The van der Waals surface area contributed by atoms with Gasteiger partial charge in [-0.3, -0.25) is 0 Å². The molecule has 3 nitrogen and oxygen atoms in total. The number of nitrogens with zero attached hydrogens (tertiary/aromatic N) is 2. The maximum atomic E-state index is 12.7. The van der Waals surface area contributed by atoms with Gasteiger partial charge in [-0.2, -0.15) is 0 Å². The Labute approximate surface area is 265 Å². The first-order valence-electron chi connectivity index (χ1n) is 19.8. The summed E-state index contributed by atoms with van der Waals surface area (Å²) in [5.74, 6) is 0. The van der Waals surface area contributed by atoms with Crippen LogP contribution in [0, 0.1) is 0 Å². The van der Waals surface area contributed by atoms with Gasteiger partial charge in [-0.25, -0.2) is 4.79 Å². The van der Waals surface area contributed by atoms with E-state index in [-0.39, 0.29) is 0 Å². The van der Waals surface area contributed by atoms with Crippen molar-refractivity contribution >= 4 is 6.03 Å². The zero-order valence-corrected chi connectivity index (χ0v) is 29.3. The molecule has 1 saturated heterocycles. The van der Waals surface area contributed by atoms with Crippen LogP contribution in [0.5, 0.6) is 0 Å². The molecule has 1 rings (SSSR count). The third-order valence-electron chi connectivity index (χ3n) is 9.74. The normalized spacial score (nSPS) is 13.6. The van der Waals surface area contributed by atoms with Gasteiger partial charge < -0.3 is 9.80 Å². The smallest absolute Gasteiger partial charge is 0.320 e. The summed E-state index contributed by atoms with van der Waals surface area (Å²) in [5.41, 5.74) is 0. The van der Waals surface area contributed by atoms with E-state index in [4.69, 9.17) is 0 Å². The van der Waals surface area contributed by atoms with Gasteiger partial charge in [0.1, 0.15) is 0 Å². The van der Waals surface area contributed by atoms with Crippen molar-refractivity contribution in [1.29, 1.82) is 0 Å². The molecule has 1 aliphatic heterocycles. The highest BCUT2D eigenvalue weighted by molar-refractivity contribution is 5.76. The van der Waals surface area contributed by atoms with E-state index in [0.29, 0.717) is 6.03 Å². The number of hydrogen-bond donors (Lipinski definition) is 0. The topological polar surface area (TPSA) is 23.6 Å². The van der Waals surface area contributed by atoms with E-state index in [2.05, 4.69) is 23.6 Å². The third kappa shape index (κ3) is 24.7. The average molecular weight is 591 g/mol. The predicted octanol–water partition coefficient (Wildman–Crippen LogP) is 13.2. The number of rotatable bonds is 34. The number of amides is 2. The molecule has 250 valence electrons. The van der Waals surface area contributed by atoms with E-state index in [1.807, 2.05) is 0 Å². The van der Waals surface area contributed by atoms with Crippen molar-refractivity contribution < 1.29 is 4.79 Å². The van der Waals surface area contributed by atoms with Gasteiger partial charge in [0, 0.05) is 26.2 Å². The van der Waals surface area contributed by atoms with Crippen LogP contribution in [0.15, 0.2) is 0 Å². The highest BCUT2D eigenvalue weighted by Crippen LogP contribution is 2.17. The fraction of sp³-hybridized carbons (Fsp3) is 0.974. The van der Waals surface area contributed by atoms with Gasteiger partial charge in [-0.1, -0.05) is 206 Å². The molecule has 42 heavy (non-hydrogen) atoms. The molecule has 1 fully saturated rings. The van der Waals surface area contributed by atoms with Crippen molar-refractivity contribution in [2.45, 2.75) is 219 Å². The quantitative estimate of drug-likeness (QED) is 0.0684. The van der Waals surface area contributed by atoms with Crippen molar-refractivity contribution in [2.24, 2.45) is 0 Å². The molecule has 0 aliphatic carbocycles. The lowest BCUT2D eigenvalue weighted by Crippen LogP contribution is -2.33. The number of unbranched alkanes of at least 4 members (excludes halogenated alkanes) is 30. The summed E-state index contributed by atoms with van der Waals surface area (Å²) in [4.78, 5) is 17.0. The van der Waals surface area contributed by atoms with Crippen molar-refractivity contribution in [3.63, 3.8) is 0 Å². The molecule has 0 aromatic heterocycles. The minimum absolute atomic E-state index is 0.317. The van der Waals surface area contributed by atoms with Crippen molar-refractivity contribution in [1.82, 2.24) is 9.80 Å². The summed E-state index contributed by atoms with van der Waals surface area (Å²) in [6.07, 6.45) is 44.9. The molecule has 0 bridgehead atoms. The Kier molecular flexibility index (Phi) is 29.6. The lowest BCUT2D eigenvalue weighted by molar-refractivity contribution is 0.190. The van der Waals surface area contributed by atoms with Crippen LogP contribution in [-0.2, 0) is 0 Å². The van der Waals surface area contributed by atoms with Crippen molar-refractivity contribution in [2.75, 3.05) is 26.2 Å². The van der Waals surface area contributed by atoms with E-state index in [0.717, 1.165) is 26.2 Å². The number of hydrogen-bond acceptors (Lipinski definition) is 1. The Morgan fingerprint density at radius 3 is 0.738 bits per heavy atom. The summed E-state index contributed by atoms with van der Waals surface area (Å²) >= 11 is 0. The largest absolute Gasteiger partial charge is 0.323 e. The van der Waals surface area contributed by atoms with Crippen LogP contribution >= 0.6 is 0 Å². The highest BCUT2D eigenvalue weighted by atomic mass is 16.2. The number of carbonyl (C=O) groups excluding carboxylic acids is 1. The maximum absolute atomic E-state index is 12.7. The van der Waals surface area contributed by atoms with E-state index >= 15 is 0 Å². The summed E-state index contributed by atoms with van der Waals surface area (Å²) in [6.45, 7) is 8.46. The van der Waals surface area contributed by atoms with Crippen LogP contribution in [-0.4, -0.2) is 42.0 Å². The molecule has 0 aromatic rings. The first kappa shape index (κ1) is 39.3. The minimum Gasteiger partial charge on any atom is -0.323 e. The summed E-state index contributed by atoms with van der Waals surface area (Å²) in [7, 11) is 0. The van der Waals surface area contributed by atoms with Gasteiger partial charge in [0.25, 0.3) is 0 Å². The first-order chi connectivity index (χ1) is 20.8. The number of carbonyl (C=O) groups is 1. The molecule has 0 spiro atoms. The Morgan fingerprint density at radius 1 is 0.333 bits per heavy atom. The fourth-order valence-electron chi connectivity index (χ4n) is 6.75. The monoisotopic (exact) mass is 591 g/mol. The predicted molar refractivity (Wildman–Crippen MR) is 188 cm³/mol. The van der Waals surface area contributed by atoms with Gasteiger partial charge in [-0.05, 0) is 12.8 Å². The molecule has 1 aliphatic rings. The standard InChI is InChI=1S/C39H78N2O/c1-3-5-7-9-11-13-15-17-19-21-23-25-27-29-31-33-35-40-37-38-41(39(40)42)36-34-32-30-28-26-24-22-20-18-16-14-12-10-8-6-4-2/h3-38H2,1-2H3. The zero-order chi connectivity index (χ0) is 30.2. The maximum Gasteiger partial charge on any atom is 0.320 e. The Balaban J connectivity index is 1.79. The molecular formula is C39H78N2O. The Hall–Kier alpha value is -0.730. The zero-order valence-electron chi connectivity index (χ0n) is 29.3. The first-order valence-corrected chi connectivity index (χ1v) is 19.8. The van der Waals surface area contributed by atoms with E-state index in [9.17, 15) is 4.79 Å². The molecule has 0 N–H and O–H groups in total. The van der Waals surface area contributed by atoms with E-state index in [1.54, 1.807) is 0 Å². The highest BCUT2D eigenvalue weighted by Gasteiger charge is 2.26. The minimum atomic E-state index is 0.317. The van der Waals surface area contributed by atoms with Crippen LogP contribution in [0.4, 0.5) is 4.79 Å². The van der Waals surface area contributed by atoms with Crippen LogP contribution in [0.25, 0.3) is 0 Å². The second-order valence-corrected chi connectivity index (χ2v) is 13.9. The third-order valence-corrected chi connectivity index (χ3v) is 9.74. The average Bonchev–Trinajstić information content (AvgIpc) is 3.35. The van der Waals surface area contributed by atoms with Gasteiger partial charge in [0.05, 0.1) is 0 Å². The molecule has 2 amide bonds. The molecule has 0 atom stereocenters.